The zero-order chi connectivity index (χ0) is 26.0. The first kappa shape index (κ1) is 25.0. The molecule has 4 heteroatoms. The molecule has 2 nitrogen and oxygen atoms in total. The molecular weight excluding hydrogens is 491 g/mol. The summed E-state index contributed by atoms with van der Waals surface area (Å²) in [5, 5.41) is 13.2. The van der Waals surface area contributed by atoms with E-state index in [0.29, 0.717) is 11.3 Å². The minimum Gasteiger partial charge on any atom is -0.507 e. The van der Waals surface area contributed by atoms with Crippen LogP contribution >= 0.6 is 6.26 Å². The van der Waals surface area contributed by atoms with Crippen molar-refractivity contribution >= 4 is 28.7 Å². The van der Waals surface area contributed by atoms with Crippen molar-refractivity contribution in [1.29, 1.82) is 0 Å². The van der Waals surface area contributed by atoms with E-state index in [0.717, 1.165) is 38.4 Å². The Bertz CT molecular complexity index is 1570. The van der Waals surface area contributed by atoms with Crippen molar-refractivity contribution in [1.82, 2.24) is 0 Å². The minimum absolute atomic E-state index is 0.202. The van der Waals surface area contributed by atoms with Crippen molar-refractivity contribution in [3.05, 3.63) is 132 Å². The van der Waals surface area contributed by atoms with Gasteiger partial charge in [0.15, 0.2) is 6.26 Å². The first-order valence-electron chi connectivity index (χ1n) is 12.3. The summed E-state index contributed by atoms with van der Waals surface area (Å²) in [6.45, 7) is 6.34. The van der Waals surface area contributed by atoms with Gasteiger partial charge in [-0.1, -0.05) is 109 Å². The summed E-state index contributed by atoms with van der Waals surface area (Å²) in [6.07, 6.45) is -2.76. The molecule has 0 bridgehead atoms. The third-order valence-electron chi connectivity index (χ3n) is 6.52. The van der Waals surface area contributed by atoms with Gasteiger partial charge in [0.2, 0.25) is 0 Å². The second-order valence-electron chi connectivity index (χ2n) is 9.32. The average Bonchev–Trinajstić information content (AvgIpc) is 2.90. The van der Waals surface area contributed by atoms with Crippen LogP contribution in [0.1, 0.15) is 16.7 Å². The largest absolute Gasteiger partial charge is 0.507 e. The van der Waals surface area contributed by atoms with Gasteiger partial charge in [0.25, 0.3) is 0 Å². The molecule has 0 aliphatic carbocycles. The maximum absolute atomic E-state index is 11.1. The fourth-order valence-corrected chi connectivity index (χ4v) is 8.94. The standard InChI is InChI=1S/C33H29O2PS/c1-23-19-24(2)33(25(3)20-23)36(37,28-17-11-6-12-18-28)35-32-22-29(26-13-7-4-8-14-26)31(34)21-30(32)27-15-9-5-10-16-27/h4-22,34H,1-3H3. The molecule has 5 rings (SSSR count). The van der Waals surface area contributed by atoms with Gasteiger partial charge in [-0.15, -0.1) is 0 Å². The van der Waals surface area contributed by atoms with Crippen molar-refractivity contribution in [2.45, 2.75) is 20.8 Å². The molecule has 184 valence electrons. The highest BCUT2D eigenvalue weighted by Gasteiger charge is 2.30. The summed E-state index contributed by atoms with van der Waals surface area (Å²) in [6, 6.07) is 38.2. The Morgan fingerprint density at radius 1 is 0.622 bits per heavy atom. The summed E-state index contributed by atoms with van der Waals surface area (Å²) >= 11 is 6.56. The first-order valence-corrected chi connectivity index (χ1v) is 15.0. The fraction of sp³-hybridized carbons (Fsp3) is 0.0909. The van der Waals surface area contributed by atoms with Gasteiger partial charge in [0.1, 0.15) is 11.5 Å². The van der Waals surface area contributed by atoms with E-state index in [9.17, 15) is 5.11 Å². The molecule has 1 N–H and O–H groups in total. The van der Waals surface area contributed by atoms with E-state index < -0.39 is 6.26 Å². The van der Waals surface area contributed by atoms with Crippen LogP contribution < -0.4 is 15.1 Å². The lowest BCUT2D eigenvalue weighted by Crippen LogP contribution is -2.24. The predicted molar refractivity (Wildman–Crippen MR) is 160 cm³/mol. The van der Waals surface area contributed by atoms with Gasteiger partial charge in [-0.05, 0) is 67.0 Å². The SMILES string of the molecule is Cc1cc(C)c(P(=S)(Oc2cc(-c3ccccc3)c(O)cc2-c2ccccc2)c2ccccc2)c(C)c1. The Morgan fingerprint density at radius 2 is 1.11 bits per heavy atom. The molecule has 0 heterocycles. The van der Waals surface area contributed by atoms with E-state index in [1.807, 2.05) is 84.9 Å². The number of phenolic OH excluding ortho intramolecular Hbond substituents is 1. The van der Waals surface area contributed by atoms with E-state index >= 15 is 0 Å². The van der Waals surface area contributed by atoms with Gasteiger partial charge in [-0.2, -0.15) is 0 Å². The van der Waals surface area contributed by atoms with Crippen molar-refractivity contribution in [2.24, 2.45) is 0 Å². The molecule has 1 atom stereocenters. The van der Waals surface area contributed by atoms with E-state index in [1.54, 1.807) is 6.07 Å². The number of rotatable bonds is 6. The van der Waals surface area contributed by atoms with E-state index in [2.05, 4.69) is 45.0 Å². The number of hydrogen-bond acceptors (Lipinski definition) is 3. The van der Waals surface area contributed by atoms with Crippen LogP contribution in [0.4, 0.5) is 0 Å². The van der Waals surface area contributed by atoms with Crippen LogP contribution in [0.25, 0.3) is 22.3 Å². The second kappa shape index (κ2) is 10.4. The van der Waals surface area contributed by atoms with Gasteiger partial charge >= 0.3 is 0 Å². The molecular formula is C33H29O2PS. The minimum atomic E-state index is -2.76. The lowest BCUT2D eigenvalue weighted by atomic mass is 9.98. The van der Waals surface area contributed by atoms with Crippen LogP contribution in [0, 0.1) is 20.8 Å². The van der Waals surface area contributed by atoms with Gasteiger partial charge in [0, 0.05) is 21.7 Å². The van der Waals surface area contributed by atoms with Crippen molar-refractivity contribution in [3.8, 4) is 33.8 Å². The normalized spacial score (nSPS) is 12.6. The molecule has 0 spiro atoms. The molecule has 0 radical (unpaired) electrons. The van der Waals surface area contributed by atoms with E-state index in [-0.39, 0.29) is 5.75 Å². The molecule has 5 aromatic carbocycles. The Morgan fingerprint density at radius 3 is 1.65 bits per heavy atom. The maximum Gasteiger partial charge on any atom is 0.171 e. The highest BCUT2D eigenvalue weighted by atomic mass is 32.4. The summed E-state index contributed by atoms with van der Waals surface area (Å²) in [4.78, 5) is 0. The van der Waals surface area contributed by atoms with Crippen LogP contribution in [-0.4, -0.2) is 5.11 Å². The molecule has 0 aliphatic heterocycles. The quantitative estimate of drug-likeness (QED) is 0.230. The van der Waals surface area contributed by atoms with Gasteiger partial charge in [0.05, 0.1) is 0 Å². The Labute approximate surface area is 224 Å². The molecule has 0 saturated heterocycles. The number of benzene rings is 5. The fourth-order valence-electron chi connectivity index (χ4n) is 4.96. The maximum atomic E-state index is 11.1. The third kappa shape index (κ3) is 4.98. The molecule has 1 unspecified atom stereocenters. The van der Waals surface area contributed by atoms with Gasteiger partial charge in [-0.25, -0.2) is 0 Å². The zero-order valence-corrected chi connectivity index (χ0v) is 22.9. The molecule has 0 fully saturated rings. The average molecular weight is 521 g/mol. The van der Waals surface area contributed by atoms with Crippen LogP contribution in [-0.2, 0) is 11.8 Å². The summed E-state index contributed by atoms with van der Waals surface area (Å²) in [5.74, 6) is 0.863. The van der Waals surface area contributed by atoms with E-state index in [4.69, 9.17) is 16.3 Å². The highest BCUT2D eigenvalue weighted by molar-refractivity contribution is 8.19. The molecule has 0 saturated carbocycles. The molecule has 0 amide bonds. The summed E-state index contributed by atoms with van der Waals surface area (Å²) in [5.41, 5.74) is 6.86. The van der Waals surface area contributed by atoms with Gasteiger partial charge < -0.3 is 9.63 Å². The second-order valence-corrected chi connectivity index (χ2v) is 13.1. The summed E-state index contributed by atoms with van der Waals surface area (Å²) < 4.78 is 7.09. The van der Waals surface area contributed by atoms with Crippen LogP contribution in [0.2, 0.25) is 0 Å². The first-order chi connectivity index (χ1) is 17.9. The number of aryl methyl sites for hydroxylation is 3. The molecule has 0 aromatic heterocycles. The topological polar surface area (TPSA) is 29.5 Å². The monoisotopic (exact) mass is 520 g/mol. The van der Waals surface area contributed by atoms with Crippen LogP contribution in [0.5, 0.6) is 11.5 Å². The Kier molecular flexibility index (Phi) is 7.02. The van der Waals surface area contributed by atoms with Crippen LogP contribution in [0.3, 0.4) is 0 Å². The van der Waals surface area contributed by atoms with Crippen molar-refractivity contribution in [2.75, 3.05) is 0 Å². The number of phenols is 1. The van der Waals surface area contributed by atoms with Crippen molar-refractivity contribution in [3.63, 3.8) is 0 Å². The molecule has 0 aliphatic rings. The molecule has 37 heavy (non-hydrogen) atoms. The third-order valence-corrected chi connectivity index (χ3v) is 10.7. The number of aromatic hydroxyl groups is 1. The predicted octanol–water partition coefficient (Wildman–Crippen LogP) is 8.08. The highest BCUT2D eigenvalue weighted by Crippen LogP contribution is 2.51. The molecule has 5 aromatic rings. The number of hydrogen-bond donors (Lipinski definition) is 1. The van der Waals surface area contributed by atoms with Crippen LogP contribution in [0.15, 0.2) is 115 Å². The smallest absolute Gasteiger partial charge is 0.171 e. The Balaban J connectivity index is 1.78. The van der Waals surface area contributed by atoms with Gasteiger partial charge in [-0.3, -0.25) is 0 Å². The summed E-state index contributed by atoms with van der Waals surface area (Å²) in [7, 11) is 0. The zero-order valence-electron chi connectivity index (χ0n) is 21.2. The Hall–Kier alpha value is -3.65. The van der Waals surface area contributed by atoms with Crippen molar-refractivity contribution < 1.29 is 9.63 Å². The lowest BCUT2D eigenvalue weighted by Gasteiger charge is -2.29. The van der Waals surface area contributed by atoms with E-state index in [1.165, 1.54) is 5.56 Å². The lowest BCUT2D eigenvalue weighted by molar-refractivity contribution is 0.476.